The van der Waals surface area contributed by atoms with Crippen LogP contribution in [0.5, 0.6) is 0 Å². The van der Waals surface area contributed by atoms with Gasteiger partial charge in [-0.1, -0.05) is 20.8 Å². The van der Waals surface area contributed by atoms with E-state index in [-0.39, 0.29) is 5.91 Å². The number of likely N-dealkylation sites (N-methyl/N-ethyl adjacent to an activating group) is 1. The van der Waals surface area contributed by atoms with Crippen molar-refractivity contribution in [2.75, 3.05) is 20.1 Å². The fraction of sp³-hybridized carbons (Fsp3) is 0.923. The molecule has 0 aliphatic carbocycles. The number of carbonyl (C=O) groups excluding carboxylic acids is 1. The van der Waals surface area contributed by atoms with Crippen LogP contribution in [-0.4, -0.2) is 37.0 Å². The van der Waals surface area contributed by atoms with Gasteiger partial charge < -0.3 is 10.2 Å². The lowest BCUT2D eigenvalue weighted by atomic mass is 9.80. The lowest BCUT2D eigenvalue weighted by molar-refractivity contribution is -0.120. The molecule has 1 rings (SSSR count). The number of likely N-dealkylation sites (tertiary alicyclic amines) is 1. The highest BCUT2D eigenvalue weighted by Crippen LogP contribution is 2.29. The highest BCUT2D eigenvalue weighted by molar-refractivity contribution is 5.73. The van der Waals surface area contributed by atoms with Gasteiger partial charge in [-0.2, -0.15) is 0 Å². The van der Waals surface area contributed by atoms with E-state index in [0.717, 1.165) is 19.5 Å². The third-order valence-corrected chi connectivity index (χ3v) is 3.03. The molecule has 0 aromatic heterocycles. The quantitative estimate of drug-likeness (QED) is 0.779. The first-order valence-electron chi connectivity index (χ1n) is 6.22. The second kappa shape index (κ2) is 5.17. The molecular formula is C13H26N2O. The number of carbonyl (C=O) groups is 1. The molecule has 2 atom stereocenters. The molecular weight excluding hydrogens is 200 g/mol. The van der Waals surface area contributed by atoms with Crippen LogP contribution in [0.3, 0.4) is 0 Å². The maximum Gasteiger partial charge on any atom is 0.217 e. The average Bonchev–Trinajstić information content (AvgIpc) is 1.96. The molecule has 1 aliphatic heterocycles. The van der Waals surface area contributed by atoms with Gasteiger partial charge in [0.25, 0.3) is 0 Å². The molecule has 0 aromatic rings. The molecule has 1 saturated heterocycles. The molecule has 2 unspecified atom stereocenters. The van der Waals surface area contributed by atoms with Crippen LogP contribution in [0.2, 0.25) is 0 Å². The van der Waals surface area contributed by atoms with Crippen LogP contribution in [0.15, 0.2) is 0 Å². The number of nitrogens with one attached hydrogen (secondary N) is 1. The second-order valence-corrected chi connectivity index (χ2v) is 6.49. The van der Waals surface area contributed by atoms with Crippen molar-refractivity contribution >= 4 is 5.91 Å². The van der Waals surface area contributed by atoms with Crippen LogP contribution in [0.1, 0.15) is 40.5 Å². The Balaban J connectivity index is 2.50. The van der Waals surface area contributed by atoms with E-state index < -0.39 is 0 Å². The van der Waals surface area contributed by atoms with E-state index in [2.05, 4.69) is 38.0 Å². The number of hydrogen-bond acceptors (Lipinski definition) is 2. The molecule has 16 heavy (non-hydrogen) atoms. The van der Waals surface area contributed by atoms with E-state index in [1.165, 1.54) is 6.42 Å². The zero-order chi connectivity index (χ0) is 12.3. The molecule has 1 amide bonds. The first-order valence-corrected chi connectivity index (χ1v) is 6.22. The number of hydrogen-bond donors (Lipinski definition) is 1. The lowest BCUT2D eigenvalue weighted by Gasteiger charge is -2.38. The minimum Gasteiger partial charge on any atom is -0.352 e. The minimum absolute atomic E-state index is 0.0924. The summed E-state index contributed by atoms with van der Waals surface area (Å²) in [5.41, 5.74) is 0.379. The average molecular weight is 226 g/mol. The molecule has 1 aliphatic rings. The minimum atomic E-state index is 0.0924. The van der Waals surface area contributed by atoms with Gasteiger partial charge in [0.2, 0.25) is 5.91 Å². The predicted octanol–water partition coefficient (Wildman–Crippen LogP) is 1.88. The van der Waals surface area contributed by atoms with E-state index in [4.69, 9.17) is 0 Å². The first kappa shape index (κ1) is 13.5. The summed E-state index contributed by atoms with van der Waals surface area (Å²) in [6.45, 7) is 10.6. The standard InChI is InChI=1S/C13H26N2O/c1-10(16)14-12-6-11(7-13(2,3)4)8-15(5)9-12/h11-12H,6-9H2,1-5H3,(H,14,16). The summed E-state index contributed by atoms with van der Waals surface area (Å²) in [6.07, 6.45) is 2.36. The van der Waals surface area contributed by atoms with Crippen molar-refractivity contribution in [2.45, 2.75) is 46.6 Å². The van der Waals surface area contributed by atoms with Crippen molar-refractivity contribution in [1.29, 1.82) is 0 Å². The third kappa shape index (κ3) is 4.97. The summed E-state index contributed by atoms with van der Waals surface area (Å²) >= 11 is 0. The van der Waals surface area contributed by atoms with Gasteiger partial charge in [0.1, 0.15) is 0 Å². The van der Waals surface area contributed by atoms with Gasteiger partial charge in [-0.3, -0.25) is 4.79 Å². The summed E-state index contributed by atoms with van der Waals surface area (Å²) in [7, 11) is 2.14. The smallest absolute Gasteiger partial charge is 0.217 e. The summed E-state index contributed by atoms with van der Waals surface area (Å²) in [5, 5.41) is 3.05. The molecule has 1 heterocycles. The number of amides is 1. The summed E-state index contributed by atoms with van der Waals surface area (Å²) in [6, 6.07) is 0.337. The first-order chi connectivity index (χ1) is 7.26. The van der Waals surface area contributed by atoms with Crippen molar-refractivity contribution in [1.82, 2.24) is 10.2 Å². The highest BCUT2D eigenvalue weighted by Gasteiger charge is 2.28. The Kier molecular flexibility index (Phi) is 4.36. The van der Waals surface area contributed by atoms with E-state index in [9.17, 15) is 4.79 Å². The Hall–Kier alpha value is -0.570. The Morgan fingerprint density at radius 3 is 2.50 bits per heavy atom. The van der Waals surface area contributed by atoms with E-state index >= 15 is 0 Å². The van der Waals surface area contributed by atoms with Gasteiger partial charge in [-0.25, -0.2) is 0 Å². The molecule has 0 saturated carbocycles. The SMILES string of the molecule is CC(=O)NC1CC(CC(C)(C)C)CN(C)C1. The molecule has 0 spiro atoms. The Labute approximate surface area is 99.6 Å². The van der Waals surface area contributed by atoms with Crippen LogP contribution in [0, 0.1) is 11.3 Å². The van der Waals surface area contributed by atoms with Crippen molar-refractivity contribution < 1.29 is 4.79 Å². The van der Waals surface area contributed by atoms with Gasteiger partial charge in [-0.05, 0) is 31.2 Å². The highest BCUT2D eigenvalue weighted by atomic mass is 16.1. The predicted molar refractivity (Wildman–Crippen MR) is 67.3 cm³/mol. The number of rotatable bonds is 2. The Morgan fingerprint density at radius 2 is 2.00 bits per heavy atom. The zero-order valence-electron chi connectivity index (χ0n) is 11.3. The Bertz CT molecular complexity index is 245. The summed E-state index contributed by atoms with van der Waals surface area (Å²) in [4.78, 5) is 13.4. The molecule has 3 heteroatoms. The Morgan fingerprint density at radius 1 is 1.38 bits per heavy atom. The van der Waals surface area contributed by atoms with Crippen LogP contribution in [-0.2, 0) is 4.79 Å². The fourth-order valence-electron chi connectivity index (χ4n) is 2.85. The topological polar surface area (TPSA) is 32.3 Å². The van der Waals surface area contributed by atoms with E-state index in [1.54, 1.807) is 6.92 Å². The maximum atomic E-state index is 11.1. The van der Waals surface area contributed by atoms with Crippen LogP contribution >= 0.6 is 0 Å². The molecule has 0 radical (unpaired) electrons. The van der Waals surface area contributed by atoms with Gasteiger partial charge in [0.15, 0.2) is 0 Å². The van der Waals surface area contributed by atoms with Crippen LogP contribution in [0.25, 0.3) is 0 Å². The van der Waals surface area contributed by atoms with Crippen molar-refractivity contribution in [3.05, 3.63) is 0 Å². The van der Waals surface area contributed by atoms with Crippen molar-refractivity contribution in [2.24, 2.45) is 11.3 Å². The number of nitrogens with zero attached hydrogens (tertiary/aromatic N) is 1. The maximum absolute atomic E-state index is 11.1. The summed E-state index contributed by atoms with van der Waals surface area (Å²) < 4.78 is 0. The van der Waals surface area contributed by atoms with Gasteiger partial charge in [-0.15, -0.1) is 0 Å². The molecule has 94 valence electrons. The summed E-state index contributed by atoms with van der Waals surface area (Å²) in [5.74, 6) is 0.797. The molecule has 1 fully saturated rings. The largest absolute Gasteiger partial charge is 0.352 e. The van der Waals surface area contributed by atoms with E-state index in [1.807, 2.05) is 0 Å². The third-order valence-electron chi connectivity index (χ3n) is 3.03. The molecule has 1 N–H and O–H groups in total. The molecule has 0 bridgehead atoms. The second-order valence-electron chi connectivity index (χ2n) is 6.49. The van der Waals surface area contributed by atoms with Gasteiger partial charge >= 0.3 is 0 Å². The van der Waals surface area contributed by atoms with Crippen LogP contribution < -0.4 is 5.32 Å². The number of piperidine rings is 1. The van der Waals surface area contributed by atoms with Crippen molar-refractivity contribution in [3.8, 4) is 0 Å². The van der Waals surface area contributed by atoms with E-state index in [0.29, 0.717) is 17.4 Å². The monoisotopic (exact) mass is 226 g/mol. The van der Waals surface area contributed by atoms with Gasteiger partial charge in [0.05, 0.1) is 0 Å². The lowest BCUT2D eigenvalue weighted by Crippen LogP contribution is -2.49. The van der Waals surface area contributed by atoms with Crippen molar-refractivity contribution in [3.63, 3.8) is 0 Å². The molecule has 3 nitrogen and oxygen atoms in total. The van der Waals surface area contributed by atoms with Crippen LogP contribution in [0.4, 0.5) is 0 Å². The normalized spacial score (nSPS) is 27.8. The fourth-order valence-corrected chi connectivity index (χ4v) is 2.85. The van der Waals surface area contributed by atoms with Gasteiger partial charge in [0, 0.05) is 26.1 Å². The molecule has 0 aromatic carbocycles. The zero-order valence-corrected chi connectivity index (χ0v) is 11.3.